The molecule has 0 aliphatic carbocycles. The van der Waals surface area contributed by atoms with Crippen LogP contribution in [-0.2, 0) is 19.3 Å². The zero-order valence-electron chi connectivity index (χ0n) is 11.9. The van der Waals surface area contributed by atoms with Gasteiger partial charge in [-0.3, -0.25) is 0 Å². The Kier molecular flexibility index (Phi) is 4.84. The third kappa shape index (κ3) is 4.44. The van der Waals surface area contributed by atoms with Crippen molar-refractivity contribution in [3.8, 4) is 0 Å². The van der Waals surface area contributed by atoms with Gasteiger partial charge < -0.3 is 15.2 Å². The number of anilines is 1. The minimum Gasteiger partial charge on any atom is -0.459 e. The number of hydrogen-bond acceptors (Lipinski definition) is 6. The van der Waals surface area contributed by atoms with E-state index in [4.69, 9.17) is 15.2 Å². The molecule has 1 aromatic carbocycles. The lowest BCUT2D eigenvalue weighted by Crippen LogP contribution is -2.26. The van der Waals surface area contributed by atoms with Gasteiger partial charge in [0, 0.05) is 18.6 Å². The summed E-state index contributed by atoms with van der Waals surface area (Å²) in [6.45, 7) is 0.848. The summed E-state index contributed by atoms with van der Waals surface area (Å²) < 4.78 is 33.7. The highest BCUT2D eigenvalue weighted by molar-refractivity contribution is 7.90. The summed E-state index contributed by atoms with van der Waals surface area (Å²) >= 11 is 0. The second-order valence-electron chi connectivity index (χ2n) is 5.15. The first kappa shape index (κ1) is 15.8. The molecule has 21 heavy (non-hydrogen) atoms. The number of benzene rings is 1. The largest absolute Gasteiger partial charge is 0.459 e. The summed E-state index contributed by atoms with van der Waals surface area (Å²) in [7, 11) is -3.43. The summed E-state index contributed by atoms with van der Waals surface area (Å²) in [4.78, 5) is 12.0. The van der Waals surface area contributed by atoms with Crippen LogP contribution >= 0.6 is 0 Å². The van der Waals surface area contributed by atoms with Gasteiger partial charge in [0.25, 0.3) is 0 Å². The molecule has 1 saturated heterocycles. The highest BCUT2D eigenvalue weighted by atomic mass is 32.2. The average molecular weight is 313 g/mol. The van der Waals surface area contributed by atoms with Crippen molar-refractivity contribution < 1.29 is 22.7 Å². The van der Waals surface area contributed by atoms with Crippen molar-refractivity contribution in [3.63, 3.8) is 0 Å². The van der Waals surface area contributed by atoms with E-state index in [9.17, 15) is 13.2 Å². The number of sulfone groups is 1. The van der Waals surface area contributed by atoms with Crippen molar-refractivity contribution >= 4 is 21.5 Å². The van der Waals surface area contributed by atoms with E-state index in [0.29, 0.717) is 6.61 Å². The van der Waals surface area contributed by atoms with Crippen LogP contribution in [0.4, 0.5) is 5.69 Å². The number of carbonyl (C=O) groups excluding carboxylic acids is 1. The molecule has 0 radical (unpaired) electrons. The quantitative estimate of drug-likeness (QED) is 0.667. The first-order chi connectivity index (χ1) is 9.86. The maximum Gasteiger partial charge on any atom is 0.338 e. The monoisotopic (exact) mass is 313 g/mol. The number of carbonyl (C=O) groups is 1. The van der Waals surface area contributed by atoms with Gasteiger partial charge in [-0.15, -0.1) is 0 Å². The van der Waals surface area contributed by atoms with Crippen LogP contribution in [0.2, 0.25) is 0 Å². The maximum atomic E-state index is 12.0. The van der Waals surface area contributed by atoms with Crippen molar-refractivity contribution in [3.05, 3.63) is 23.8 Å². The van der Waals surface area contributed by atoms with Crippen molar-refractivity contribution in [2.24, 2.45) is 0 Å². The lowest BCUT2D eigenvalue weighted by Gasteiger charge is -2.22. The highest BCUT2D eigenvalue weighted by Crippen LogP contribution is 2.18. The molecule has 0 aromatic heterocycles. The van der Waals surface area contributed by atoms with Gasteiger partial charge >= 0.3 is 5.97 Å². The van der Waals surface area contributed by atoms with Crippen molar-refractivity contribution in [1.82, 2.24) is 0 Å². The van der Waals surface area contributed by atoms with E-state index in [1.807, 2.05) is 0 Å². The second-order valence-corrected chi connectivity index (χ2v) is 7.17. The molecule has 6 nitrogen and oxygen atoms in total. The van der Waals surface area contributed by atoms with Gasteiger partial charge in [-0.1, -0.05) is 0 Å². The van der Waals surface area contributed by atoms with Crippen LogP contribution in [0.1, 0.15) is 29.6 Å². The Morgan fingerprint density at radius 1 is 1.38 bits per heavy atom. The number of nitrogens with two attached hydrogens (primary N) is 1. The number of esters is 1. The van der Waals surface area contributed by atoms with Gasteiger partial charge in [0.2, 0.25) is 0 Å². The average Bonchev–Trinajstić information content (AvgIpc) is 2.44. The number of hydrogen-bond donors (Lipinski definition) is 1. The normalized spacial score (nSPS) is 19.2. The Bertz CT molecular complexity index is 620. The molecule has 7 heteroatoms. The second kappa shape index (κ2) is 6.44. The van der Waals surface area contributed by atoms with Gasteiger partial charge in [-0.05, 0) is 37.5 Å². The Morgan fingerprint density at radius 2 is 2.14 bits per heavy atom. The summed E-state index contributed by atoms with van der Waals surface area (Å²) in [5.41, 5.74) is 5.97. The van der Waals surface area contributed by atoms with Crippen molar-refractivity contribution in [2.45, 2.75) is 30.3 Å². The molecular weight excluding hydrogens is 294 g/mol. The minimum atomic E-state index is -3.43. The fourth-order valence-corrected chi connectivity index (χ4v) is 2.84. The van der Waals surface area contributed by atoms with Gasteiger partial charge in [-0.25, -0.2) is 13.2 Å². The number of ether oxygens (including phenoxy) is 2. The van der Waals surface area contributed by atoms with Crippen LogP contribution in [0.25, 0.3) is 0 Å². The Labute approximate surface area is 124 Å². The van der Waals surface area contributed by atoms with Crippen LogP contribution in [0, 0.1) is 0 Å². The fourth-order valence-electron chi connectivity index (χ4n) is 2.14. The number of rotatable bonds is 4. The summed E-state index contributed by atoms with van der Waals surface area (Å²) in [5, 5.41) is 0. The van der Waals surface area contributed by atoms with Crippen LogP contribution in [0.5, 0.6) is 0 Å². The van der Waals surface area contributed by atoms with E-state index in [2.05, 4.69) is 0 Å². The Balaban J connectivity index is 2.06. The number of nitrogen functional groups attached to an aromatic ring is 1. The molecule has 0 bridgehead atoms. The van der Waals surface area contributed by atoms with Crippen LogP contribution in [-0.4, -0.2) is 40.0 Å². The van der Waals surface area contributed by atoms with Gasteiger partial charge in [0.05, 0.1) is 16.6 Å². The molecule has 0 spiro atoms. The SMILES string of the molecule is CS(=O)(=O)c1cc(N)cc(C(=O)OCC2CCCCO2)c1. The smallest absolute Gasteiger partial charge is 0.338 e. The molecule has 2 N–H and O–H groups in total. The minimum absolute atomic E-state index is 0.00312. The third-order valence-electron chi connectivity index (χ3n) is 3.27. The van der Waals surface area contributed by atoms with Gasteiger partial charge in [0.15, 0.2) is 9.84 Å². The van der Waals surface area contributed by atoms with Crippen LogP contribution in [0.3, 0.4) is 0 Å². The molecular formula is C14H19NO5S. The highest BCUT2D eigenvalue weighted by Gasteiger charge is 2.18. The molecule has 1 aromatic rings. The lowest BCUT2D eigenvalue weighted by molar-refractivity contribution is -0.0300. The summed E-state index contributed by atoms with van der Waals surface area (Å²) in [6, 6.07) is 3.99. The lowest BCUT2D eigenvalue weighted by atomic mass is 10.1. The van der Waals surface area contributed by atoms with E-state index >= 15 is 0 Å². The molecule has 0 saturated carbocycles. The molecule has 116 valence electrons. The van der Waals surface area contributed by atoms with Crippen molar-refractivity contribution in [2.75, 3.05) is 25.2 Å². The van der Waals surface area contributed by atoms with Crippen molar-refractivity contribution in [1.29, 1.82) is 0 Å². The fraction of sp³-hybridized carbons (Fsp3) is 0.500. The van der Waals surface area contributed by atoms with E-state index in [0.717, 1.165) is 25.5 Å². The molecule has 1 aliphatic heterocycles. The molecule has 1 heterocycles. The predicted molar refractivity (Wildman–Crippen MR) is 77.8 cm³/mol. The zero-order valence-corrected chi connectivity index (χ0v) is 12.7. The van der Waals surface area contributed by atoms with Gasteiger partial charge in [0.1, 0.15) is 6.61 Å². The molecule has 1 aliphatic rings. The first-order valence-corrected chi connectivity index (χ1v) is 8.65. The third-order valence-corrected chi connectivity index (χ3v) is 4.36. The molecule has 0 amide bonds. The van der Waals surface area contributed by atoms with Crippen LogP contribution in [0.15, 0.2) is 23.1 Å². The zero-order chi connectivity index (χ0) is 15.5. The molecule has 2 rings (SSSR count). The Morgan fingerprint density at radius 3 is 2.76 bits per heavy atom. The predicted octanol–water partition coefficient (Wildman–Crippen LogP) is 1.40. The molecule has 1 unspecified atom stereocenters. The van der Waals surface area contributed by atoms with E-state index in [-0.39, 0.29) is 28.9 Å². The maximum absolute atomic E-state index is 12.0. The molecule has 1 atom stereocenters. The topological polar surface area (TPSA) is 95.7 Å². The van der Waals surface area contributed by atoms with Gasteiger partial charge in [-0.2, -0.15) is 0 Å². The molecule has 1 fully saturated rings. The summed E-state index contributed by atoms with van der Waals surface area (Å²) in [6.07, 6.45) is 3.92. The Hall–Kier alpha value is -1.60. The van der Waals surface area contributed by atoms with E-state index in [1.54, 1.807) is 0 Å². The van der Waals surface area contributed by atoms with E-state index < -0.39 is 15.8 Å². The van der Waals surface area contributed by atoms with Crippen LogP contribution < -0.4 is 5.73 Å². The van der Waals surface area contributed by atoms with E-state index in [1.165, 1.54) is 18.2 Å². The standard InChI is InChI=1S/C14H19NO5S/c1-21(17,18)13-7-10(6-11(15)8-13)14(16)20-9-12-4-2-3-5-19-12/h6-8,12H,2-5,9,15H2,1H3. The summed E-state index contributed by atoms with van der Waals surface area (Å²) in [5.74, 6) is -0.596. The first-order valence-electron chi connectivity index (χ1n) is 6.75.